The number of H-pyrrole nitrogens is 1. The number of alkyl halides is 3. The maximum atomic E-state index is 15.4. The summed E-state index contributed by atoms with van der Waals surface area (Å²) < 4.78 is 57.1. The first-order valence-electron chi connectivity index (χ1n) is 19.5. The predicted molar refractivity (Wildman–Crippen MR) is 211 cm³/mol. The fourth-order valence-electron chi connectivity index (χ4n) is 7.64. The van der Waals surface area contributed by atoms with Crippen molar-refractivity contribution in [3.8, 4) is 16.8 Å². The number of hydrogen-bond acceptors (Lipinski definition) is 10. The normalized spacial score (nSPS) is 17.5. The quantitative estimate of drug-likeness (QED) is 0.133. The van der Waals surface area contributed by atoms with Gasteiger partial charge in [-0.15, -0.1) is 0 Å². The van der Waals surface area contributed by atoms with Crippen LogP contribution in [0.25, 0.3) is 16.8 Å². The van der Waals surface area contributed by atoms with E-state index in [2.05, 4.69) is 47.9 Å². The summed E-state index contributed by atoms with van der Waals surface area (Å²) in [4.78, 5) is 72.1. The zero-order valence-corrected chi connectivity index (χ0v) is 33.3. The van der Waals surface area contributed by atoms with Gasteiger partial charge in [-0.3, -0.25) is 44.2 Å². The van der Waals surface area contributed by atoms with Crippen molar-refractivity contribution < 1.29 is 41.5 Å². The number of rotatable bonds is 10. The molecule has 0 bridgehead atoms. The Morgan fingerprint density at radius 2 is 1.59 bits per heavy atom. The standard InChI is InChI=1S/C42H40F4N10O5/c1-23-16-26(8-9-31(23)55-22-27(19-48-55)36(58)47-20-34-49-40(52-51-34)41(2,3)42(44,45)46)25-6-4-24(5-7-25)21-53-12-14-54(15-13-53)33-18-29-28(17-30(33)43)38(60)56(39(29)61)32-10-11-35(57)50-37(32)59/h4-9,16-19,22,32H,10-15,20-21H2,1-3H3,(H,47,58)(H,49,51,52)(H,50,57,59). The molecule has 3 N–H and O–H groups in total. The van der Waals surface area contributed by atoms with Crippen LogP contribution >= 0.6 is 0 Å². The zero-order valence-electron chi connectivity index (χ0n) is 33.3. The van der Waals surface area contributed by atoms with Gasteiger partial charge >= 0.3 is 6.18 Å². The number of fused-ring (bicyclic) bond motifs is 1. The Hall–Kier alpha value is -6.76. The van der Waals surface area contributed by atoms with Crippen LogP contribution in [0.1, 0.15) is 80.5 Å². The third-order valence-electron chi connectivity index (χ3n) is 11.4. The summed E-state index contributed by atoms with van der Waals surface area (Å²) in [6, 6.07) is 15.4. The van der Waals surface area contributed by atoms with E-state index in [4.69, 9.17) is 0 Å². The second kappa shape index (κ2) is 15.7. The molecule has 0 radical (unpaired) electrons. The third-order valence-corrected chi connectivity index (χ3v) is 11.4. The van der Waals surface area contributed by atoms with Gasteiger partial charge < -0.3 is 10.2 Å². The summed E-state index contributed by atoms with van der Waals surface area (Å²) in [5.41, 5.74) is 2.85. The molecular formula is C42H40F4N10O5. The molecule has 3 aromatic carbocycles. The molecule has 8 rings (SSSR count). The summed E-state index contributed by atoms with van der Waals surface area (Å²) in [7, 11) is 0. The monoisotopic (exact) mass is 840 g/mol. The Morgan fingerprint density at radius 1 is 0.902 bits per heavy atom. The number of benzene rings is 3. The molecule has 2 aromatic heterocycles. The van der Waals surface area contributed by atoms with E-state index in [1.165, 1.54) is 12.3 Å². The highest BCUT2D eigenvalue weighted by atomic mass is 19.4. The SMILES string of the molecule is Cc1cc(-c2ccc(CN3CCN(c4cc5c(cc4F)C(=O)N(C4CCC(=O)NC4=O)C5=O)CC3)cc2)ccc1-n1cc(C(=O)NCc2nc(C(C)(C)C(F)(F)F)n[nH]2)cn1. The van der Waals surface area contributed by atoms with Crippen molar-refractivity contribution in [2.24, 2.45) is 0 Å². The van der Waals surface area contributed by atoms with E-state index < -0.39 is 58.8 Å². The maximum absolute atomic E-state index is 15.4. The average molecular weight is 841 g/mol. The van der Waals surface area contributed by atoms with Crippen LogP contribution in [0.15, 0.2) is 67.0 Å². The van der Waals surface area contributed by atoms with Crippen molar-refractivity contribution in [3.05, 3.63) is 112 Å². The van der Waals surface area contributed by atoms with Gasteiger partial charge in [-0.2, -0.15) is 23.4 Å². The number of imide groups is 2. The number of anilines is 1. The van der Waals surface area contributed by atoms with Crippen LogP contribution in [0.2, 0.25) is 0 Å². The lowest BCUT2D eigenvalue weighted by Gasteiger charge is -2.36. The van der Waals surface area contributed by atoms with E-state index in [9.17, 15) is 37.1 Å². The maximum Gasteiger partial charge on any atom is 0.401 e. The fraction of sp³-hybridized carbons (Fsp3) is 0.333. The second-order valence-electron chi connectivity index (χ2n) is 15.8. The number of carbonyl (C=O) groups is 5. The molecule has 2 fully saturated rings. The van der Waals surface area contributed by atoms with Crippen LogP contribution in [-0.4, -0.2) is 103 Å². The predicted octanol–water partition coefficient (Wildman–Crippen LogP) is 4.60. The molecule has 0 spiro atoms. The number of carbonyl (C=O) groups excluding carboxylic acids is 5. The highest BCUT2D eigenvalue weighted by Gasteiger charge is 2.51. The molecule has 1 unspecified atom stereocenters. The van der Waals surface area contributed by atoms with Crippen LogP contribution < -0.4 is 15.5 Å². The van der Waals surface area contributed by atoms with E-state index >= 15 is 4.39 Å². The van der Waals surface area contributed by atoms with Gasteiger partial charge in [0.1, 0.15) is 23.1 Å². The second-order valence-corrected chi connectivity index (χ2v) is 15.8. The number of aromatic amines is 1. The molecule has 2 saturated heterocycles. The molecule has 0 saturated carbocycles. The minimum atomic E-state index is -4.55. The largest absolute Gasteiger partial charge is 0.401 e. The molecule has 19 heteroatoms. The van der Waals surface area contributed by atoms with Crippen LogP contribution in [0, 0.1) is 12.7 Å². The lowest BCUT2D eigenvalue weighted by Crippen LogP contribution is -2.54. The number of nitrogens with zero attached hydrogens (tertiary/aromatic N) is 7. The van der Waals surface area contributed by atoms with Gasteiger partial charge in [-0.1, -0.05) is 30.3 Å². The van der Waals surface area contributed by atoms with Crippen LogP contribution in [0.4, 0.5) is 23.2 Å². The molecule has 1 atom stereocenters. The van der Waals surface area contributed by atoms with Gasteiger partial charge in [-0.05, 0) is 73.7 Å². The molecule has 5 aromatic rings. The highest BCUT2D eigenvalue weighted by Crippen LogP contribution is 2.39. The number of aryl methyl sites for hydroxylation is 1. The molecule has 5 amide bonds. The minimum Gasteiger partial charge on any atom is -0.367 e. The molecule has 3 aliphatic heterocycles. The lowest BCUT2D eigenvalue weighted by atomic mass is 9.92. The molecule has 0 aliphatic carbocycles. The van der Waals surface area contributed by atoms with Crippen LogP contribution in [0.3, 0.4) is 0 Å². The van der Waals surface area contributed by atoms with E-state index in [0.29, 0.717) is 32.7 Å². The average Bonchev–Trinajstić information content (AvgIpc) is 3.97. The van der Waals surface area contributed by atoms with Gasteiger partial charge in [-0.25, -0.2) is 14.1 Å². The Bertz CT molecular complexity index is 2580. The van der Waals surface area contributed by atoms with Gasteiger partial charge in [0, 0.05) is 45.3 Å². The Morgan fingerprint density at radius 3 is 2.26 bits per heavy atom. The topological polar surface area (TPSA) is 179 Å². The molecule has 15 nitrogen and oxygen atoms in total. The van der Waals surface area contributed by atoms with E-state index in [1.54, 1.807) is 10.9 Å². The summed E-state index contributed by atoms with van der Waals surface area (Å²) >= 11 is 0. The van der Waals surface area contributed by atoms with Gasteiger partial charge in [0.2, 0.25) is 11.8 Å². The molecule has 316 valence electrons. The van der Waals surface area contributed by atoms with E-state index in [-0.39, 0.29) is 47.6 Å². The third kappa shape index (κ3) is 7.87. The first kappa shape index (κ1) is 41.0. The van der Waals surface area contributed by atoms with Crippen molar-refractivity contribution in [2.75, 3.05) is 31.1 Å². The number of hydrogen-bond donors (Lipinski definition) is 3. The number of halogens is 4. The Balaban J connectivity index is 0.846. The van der Waals surface area contributed by atoms with Crippen LogP contribution in [-0.2, 0) is 28.1 Å². The summed E-state index contributed by atoms with van der Waals surface area (Å²) in [5, 5.41) is 15.3. The molecule has 61 heavy (non-hydrogen) atoms. The van der Waals surface area contributed by atoms with Gasteiger partial charge in [0.05, 0.1) is 40.8 Å². The number of piperidine rings is 1. The first-order valence-corrected chi connectivity index (χ1v) is 19.5. The molecular weight excluding hydrogens is 801 g/mol. The number of nitrogens with one attached hydrogen (secondary N) is 3. The molecule has 3 aliphatic rings. The summed E-state index contributed by atoms with van der Waals surface area (Å²) in [6.07, 6.45) is -1.57. The minimum absolute atomic E-state index is 0.00620. The van der Waals surface area contributed by atoms with Crippen molar-refractivity contribution in [3.63, 3.8) is 0 Å². The van der Waals surface area contributed by atoms with Crippen molar-refractivity contribution >= 4 is 35.2 Å². The van der Waals surface area contributed by atoms with Gasteiger partial charge in [0.25, 0.3) is 17.7 Å². The first-order chi connectivity index (χ1) is 29.0. The summed E-state index contributed by atoms with van der Waals surface area (Å²) in [6.45, 7) is 6.62. The molecule has 5 heterocycles. The number of piperazine rings is 1. The Kier molecular flexibility index (Phi) is 10.5. The van der Waals surface area contributed by atoms with Crippen molar-refractivity contribution in [1.82, 2.24) is 45.4 Å². The van der Waals surface area contributed by atoms with E-state index in [1.807, 2.05) is 42.2 Å². The highest BCUT2D eigenvalue weighted by molar-refractivity contribution is 6.23. The zero-order chi connectivity index (χ0) is 43.4. The van der Waals surface area contributed by atoms with Crippen LogP contribution in [0.5, 0.6) is 0 Å². The summed E-state index contributed by atoms with van der Waals surface area (Å²) in [5.74, 6) is -4.08. The number of amides is 5. The van der Waals surface area contributed by atoms with E-state index in [0.717, 1.165) is 52.8 Å². The van der Waals surface area contributed by atoms with Crippen molar-refractivity contribution in [1.29, 1.82) is 0 Å². The number of aromatic nitrogens is 5. The fourth-order valence-corrected chi connectivity index (χ4v) is 7.64. The lowest BCUT2D eigenvalue weighted by molar-refractivity contribution is -0.182. The Labute approximate surface area is 346 Å². The van der Waals surface area contributed by atoms with Gasteiger partial charge in [0.15, 0.2) is 5.82 Å². The smallest absolute Gasteiger partial charge is 0.367 e. The van der Waals surface area contributed by atoms with Crippen molar-refractivity contribution in [2.45, 2.75) is 64.3 Å².